The van der Waals surface area contributed by atoms with E-state index < -0.39 is 23.3 Å². The van der Waals surface area contributed by atoms with Gasteiger partial charge in [0.1, 0.15) is 11.2 Å². The van der Waals surface area contributed by atoms with Gasteiger partial charge in [-0.05, 0) is 25.0 Å². The van der Waals surface area contributed by atoms with E-state index in [9.17, 15) is 18.0 Å². The molecule has 0 aromatic carbocycles. The molecule has 1 N–H and O–H groups in total. The largest absolute Gasteiger partial charge is 0.433 e. The number of alkyl halides is 3. The van der Waals surface area contributed by atoms with Crippen LogP contribution in [0.25, 0.3) is 0 Å². The van der Waals surface area contributed by atoms with E-state index in [-0.39, 0.29) is 5.56 Å². The maximum absolute atomic E-state index is 12.6. The molecule has 0 unspecified atom stereocenters. The number of halogens is 3. The van der Waals surface area contributed by atoms with Gasteiger partial charge in [0.15, 0.2) is 5.82 Å². The summed E-state index contributed by atoms with van der Waals surface area (Å²) in [5, 5.41) is 6.83. The second-order valence-electron chi connectivity index (χ2n) is 6.16. The fourth-order valence-electron chi connectivity index (χ4n) is 3.04. The molecule has 2 aromatic rings. The zero-order valence-electron chi connectivity index (χ0n) is 13.6. The molecule has 1 amide bonds. The summed E-state index contributed by atoms with van der Waals surface area (Å²) in [6, 6.07) is 1.91. The van der Waals surface area contributed by atoms with E-state index >= 15 is 0 Å². The predicted molar refractivity (Wildman–Crippen MR) is 80.5 cm³/mol. The molecule has 6 nitrogen and oxygen atoms in total. The van der Waals surface area contributed by atoms with Gasteiger partial charge in [0.2, 0.25) is 5.89 Å². The molecule has 1 saturated carbocycles. The van der Waals surface area contributed by atoms with Crippen molar-refractivity contribution in [2.24, 2.45) is 0 Å². The van der Waals surface area contributed by atoms with Crippen LogP contribution in [0.4, 0.5) is 13.2 Å². The summed E-state index contributed by atoms with van der Waals surface area (Å²) in [5.41, 5.74) is -1.75. The predicted octanol–water partition coefficient (Wildman–Crippen LogP) is 3.38. The fourth-order valence-corrected chi connectivity index (χ4v) is 3.04. The third kappa shape index (κ3) is 3.64. The highest BCUT2D eigenvalue weighted by atomic mass is 19.4. The minimum Gasteiger partial charge on any atom is -0.340 e. The Bertz CT molecular complexity index is 749. The van der Waals surface area contributed by atoms with Crippen molar-refractivity contribution in [1.82, 2.24) is 20.4 Å². The first-order chi connectivity index (χ1) is 11.8. The second kappa shape index (κ2) is 6.45. The summed E-state index contributed by atoms with van der Waals surface area (Å²) in [5.74, 6) is 0.286. The number of carbonyl (C=O) groups is 1. The minimum absolute atomic E-state index is 0.0539. The third-order valence-corrected chi connectivity index (χ3v) is 4.33. The maximum Gasteiger partial charge on any atom is 0.433 e. The first kappa shape index (κ1) is 17.4. The van der Waals surface area contributed by atoms with Crippen molar-refractivity contribution in [1.29, 1.82) is 0 Å². The Hall–Kier alpha value is -2.45. The molecular weight excluding hydrogens is 337 g/mol. The van der Waals surface area contributed by atoms with Gasteiger partial charge in [-0.25, -0.2) is 0 Å². The quantitative estimate of drug-likeness (QED) is 0.914. The lowest BCUT2D eigenvalue weighted by Crippen LogP contribution is -2.48. The molecule has 0 aliphatic heterocycles. The van der Waals surface area contributed by atoms with Gasteiger partial charge in [-0.15, -0.1) is 0 Å². The van der Waals surface area contributed by atoms with Gasteiger partial charge in [0.05, 0.1) is 5.56 Å². The lowest BCUT2D eigenvalue weighted by atomic mass is 9.80. The average molecular weight is 354 g/mol. The molecule has 0 radical (unpaired) electrons. The molecule has 1 fully saturated rings. The van der Waals surface area contributed by atoms with Crippen LogP contribution >= 0.6 is 0 Å². The smallest absolute Gasteiger partial charge is 0.340 e. The van der Waals surface area contributed by atoms with Crippen molar-refractivity contribution in [3.05, 3.63) is 41.3 Å². The molecule has 1 aliphatic carbocycles. The van der Waals surface area contributed by atoms with E-state index in [2.05, 4.69) is 20.4 Å². The van der Waals surface area contributed by atoms with Gasteiger partial charge in [0.25, 0.3) is 5.91 Å². The molecule has 2 heterocycles. The van der Waals surface area contributed by atoms with E-state index in [1.807, 2.05) is 0 Å². The topological polar surface area (TPSA) is 80.9 Å². The SMILES string of the molecule is Cc1nc(C2(NC(=O)c3ccc(C(F)(F)F)nc3)CCCCC2)no1. The fraction of sp³-hybridized carbons (Fsp3) is 0.500. The summed E-state index contributed by atoms with van der Waals surface area (Å²) in [4.78, 5) is 20.1. The molecule has 1 aliphatic rings. The van der Waals surface area contributed by atoms with E-state index in [1.165, 1.54) is 0 Å². The second-order valence-corrected chi connectivity index (χ2v) is 6.16. The van der Waals surface area contributed by atoms with Gasteiger partial charge >= 0.3 is 6.18 Å². The average Bonchev–Trinajstić information content (AvgIpc) is 3.02. The van der Waals surface area contributed by atoms with Crippen LogP contribution in [0.2, 0.25) is 0 Å². The van der Waals surface area contributed by atoms with Gasteiger partial charge in [0, 0.05) is 13.1 Å². The monoisotopic (exact) mass is 354 g/mol. The van der Waals surface area contributed by atoms with Crippen LogP contribution in [0.15, 0.2) is 22.9 Å². The Morgan fingerprint density at radius 2 is 1.96 bits per heavy atom. The minimum atomic E-state index is -4.54. The summed E-state index contributed by atoms with van der Waals surface area (Å²) < 4.78 is 42.8. The highest BCUT2D eigenvalue weighted by Crippen LogP contribution is 2.36. The molecule has 9 heteroatoms. The van der Waals surface area contributed by atoms with Crippen LogP contribution in [0.5, 0.6) is 0 Å². The van der Waals surface area contributed by atoms with Crippen LogP contribution in [-0.4, -0.2) is 21.0 Å². The Balaban J connectivity index is 1.83. The third-order valence-electron chi connectivity index (χ3n) is 4.33. The zero-order valence-corrected chi connectivity index (χ0v) is 13.6. The first-order valence-corrected chi connectivity index (χ1v) is 7.97. The highest BCUT2D eigenvalue weighted by molar-refractivity contribution is 5.94. The lowest BCUT2D eigenvalue weighted by Gasteiger charge is -2.35. The number of rotatable bonds is 3. The van der Waals surface area contributed by atoms with Crippen LogP contribution in [-0.2, 0) is 11.7 Å². The molecular formula is C16H17F3N4O2. The molecule has 0 bridgehead atoms. The van der Waals surface area contributed by atoms with Crippen molar-refractivity contribution in [3.63, 3.8) is 0 Å². The summed E-state index contributed by atoms with van der Waals surface area (Å²) in [6.07, 6.45) is 0.490. The van der Waals surface area contributed by atoms with Crippen molar-refractivity contribution in [2.45, 2.75) is 50.7 Å². The number of nitrogens with one attached hydrogen (secondary N) is 1. The zero-order chi connectivity index (χ0) is 18.1. The van der Waals surface area contributed by atoms with Crippen molar-refractivity contribution < 1.29 is 22.5 Å². The summed E-state index contributed by atoms with van der Waals surface area (Å²) >= 11 is 0. The van der Waals surface area contributed by atoms with E-state index in [1.54, 1.807) is 6.92 Å². The number of nitrogens with zero attached hydrogens (tertiary/aromatic N) is 3. The van der Waals surface area contributed by atoms with Gasteiger partial charge in [-0.1, -0.05) is 24.4 Å². The molecule has 134 valence electrons. The van der Waals surface area contributed by atoms with Crippen molar-refractivity contribution >= 4 is 5.91 Å². The van der Waals surface area contributed by atoms with Crippen LogP contribution < -0.4 is 5.32 Å². The van der Waals surface area contributed by atoms with E-state index in [0.29, 0.717) is 24.6 Å². The Kier molecular flexibility index (Phi) is 4.49. The molecule has 25 heavy (non-hydrogen) atoms. The number of hydrogen-bond donors (Lipinski definition) is 1. The van der Waals surface area contributed by atoms with Crippen molar-refractivity contribution in [3.8, 4) is 0 Å². The van der Waals surface area contributed by atoms with Crippen LogP contribution in [0.1, 0.15) is 59.9 Å². The van der Waals surface area contributed by atoms with Crippen molar-refractivity contribution in [2.75, 3.05) is 0 Å². The highest BCUT2D eigenvalue weighted by Gasteiger charge is 2.40. The van der Waals surface area contributed by atoms with Crippen LogP contribution in [0.3, 0.4) is 0 Å². The lowest BCUT2D eigenvalue weighted by molar-refractivity contribution is -0.141. The van der Waals surface area contributed by atoms with Gasteiger partial charge in [-0.2, -0.15) is 18.2 Å². The van der Waals surface area contributed by atoms with Crippen LogP contribution in [0, 0.1) is 6.92 Å². The number of amides is 1. The van der Waals surface area contributed by atoms with Gasteiger partial charge in [-0.3, -0.25) is 9.78 Å². The molecule has 0 spiro atoms. The number of aromatic nitrogens is 3. The molecule has 2 aromatic heterocycles. The number of hydrogen-bond acceptors (Lipinski definition) is 5. The Morgan fingerprint density at radius 1 is 1.24 bits per heavy atom. The molecule has 3 rings (SSSR count). The first-order valence-electron chi connectivity index (χ1n) is 7.97. The number of pyridine rings is 1. The number of carbonyl (C=O) groups excluding carboxylic acids is 1. The normalized spacial score (nSPS) is 17.3. The maximum atomic E-state index is 12.6. The van der Waals surface area contributed by atoms with Gasteiger partial charge < -0.3 is 9.84 Å². The summed E-state index contributed by atoms with van der Waals surface area (Å²) in [6.45, 7) is 1.66. The number of aryl methyl sites for hydroxylation is 1. The van der Waals surface area contributed by atoms with E-state index in [0.717, 1.165) is 37.6 Å². The molecule has 0 atom stereocenters. The summed E-state index contributed by atoms with van der Waals surface area (Å²) in [7, 11) is 0. The standard InChI is InChI=1S/C16H17F3N4O2/c1-10-21-14(23-25-10)15(7-3-2-4-8-15)22-13(24)11-5-6-12(20-9-11)16(17,18)19/h5-6,9H,2-4,7-8H2,1H3,(H,22,24). The van der Waals surface area contributed by atoms with E-state index in [4.69, 9.17) is 4.52 Å². The molecule has 0 saturated heterocycles. The Morgan fingerprint density at radius 3 is 2.48 bits per heavy atom. The Labute approximate surface area is 141 Å².